The number of nitrogens with one attached hydrogen (secondary N) is 2. The molecule has 1 aliphatic carbocycles. The van der Waals surface area contributed by atoms with Gasteiger partial charge in [0.25, 0.3) is 0 Å². The number of methoxy groups -OCH3 is 1. The van der Waals surface area contributed by atoms with Gasteiger partial charge in [-0.15, -0.1) is 0 Å². The minimum atomic E-state index is -1.08. The largest absolute Gasteiger partial charge is 0.508 e. The number of amides is 2. The molecule has 0 saturated heterocycles. The molecule has 2 rings (SSSR count). The molecule has 0 aliphatic heterocycles. The number of benzene rings is 1. The van der Waals surface area contributed by atoms with Crippen LogP contribution in [0.25, 0.3) is 0 Å². The number of hydrogen-bond acceptors (Lipinski definition) is 7. The Bertz CT molecular complexity index is 1100. The van der Waals surface area contributed by atoms with Crippen LogP contribution < -0.4 is 16.4 Å². The Kier molecular flexibility index (Phi) is 15.6. The smallest absolute Gasteiger partial charge is 0.326 e. The van der Waals surface area contributed by atoms with E-state index in [2.05, 4.69) is 22.2 Å². The first-order valence-electron chi connectivity index (χ1n) is 13.8. The first-order chi connectivity index (χ1) is 19.5. The van der Waals surface area contributed by atoms with E-state index in [-0.39, 0.29) is 30.4 Å². The molecule has 0 heterocycles. The van der Waals surface area contributed by atoms with Gasteiger partial charge in [-0.2, -0.15) is 0 Å². The Balaban J connectivity index is 0.000000803. The van der Waals surface area contributed by atoms with Crippen molar-refractivity contribution in [1.82, 2.24) is 10.6 Å². The lowest BCUT2D eigenvalue weighted by Crippen LogP contribution is -2.49. The zero-order valence-electron chi connectivity index (χ0n) is 24.7. The third-order valence-electron chi connectivity index (χ3n) is 6.93. The molecule has 1 atom stereocenters. The lowest BCUT2D eigenvalue weighted by Gasteiger charge is -2.29. The Morgan fingerprint density at radius 3 is 2.32 bits per heavy atom. The van der Waals surface area contributed by atoms with Crippen molar-refractivity contribution >= 4 is 29.4 Å². The number of rotatable bonds is 13. The number of anilines is 1. The second-order valence-corrected chi connectivity index (χ2v) is 10.1. The molecule has 1 fully saturated rings. The number of carboxylic acids is 1. The fraction of sp³-hybridized carbons (Fsp3) is 0.484. The highest BCUT2D eigenvalue weighted by atomic mass is 16.5. The number of aliphatic hydroxyl groups excluding tert-OH is 1. The number of ether oxygens (including phenoxy) is 1. The highest BCUT2D eigenvalue weighted by Gasteiger charge is 2.42. The SMILES string of the molecule is C=C(C)/C(O)=C\C=C/C.CN=C(CCC(=O)NCCC1(C(=O)NC(Cc2ccc(N)cc2)C(=O)O)CCCC1)OC. The number of nitrogen functional groups attached to an aromatic ring is 1. The van der Waals surface area contributed by atoms with E-state index in [0.29, 0.717) is 49.4 Å². The van der Waals surface area contributed by atoms with E-state index in [1.165, 1.54) is 7.11 Å². The summed E-state index contributed by atoms with van der Waals surface area (Å²) in [4.78, 5) is 41.0. The van der Waals surface area contributed by atoms with Crippen LogP contribution in [0, 0.1) is 5.41 Å². The number of nitrogens with two attached hydrogens (primary N) is 1. The molecule has 1 saturated carbocycles. The molecule has 0 radical (unpaired) electrons. The summed E-state index contributed by atoms with van der Waals surface area (Å²) in [5, 5.41) is 24.2. The molecule has 2 amide bonds. The van der Waals surface area contributed by atoms with Gasteiger partial charge in [0, 0.05) is 38.5 Å². The van der Waals surface area contributed by atoms with Gasteiger partial charge in [-0.3, -0.25) is 14.6 Å². The summed E-state index contributed by atoms with van der Waals surface area (Å²) in [6, 6.07) is 5.91. The van der Waals surface area contributed by atoms with Crippen LogP contribution in [0.3, 0.4) is 0 Å². The minimum absolute atomic E-state index is 0.136. The van der Waals surface area contributed by atoms with Gasteiger partial charge >= 0.3 is 5.97 Å². The zero-order valence-corrected chi connectivity index (χ0v) is 24.7. The molecule has 41 heavy (non-hydrogen) atoms. The number of carbonyl (C=O) groups is 3. The summed E-state index contributed by atoms with van der Waals surface area (Å²) < 4.78 is 5.05. The number of aliphatic carboxylic acids is 1. The van der Waals surface area contributed by atoms with Crippen LogP contribution in [0.5, 0.6) is 0 Å². The number of carboxylic acid groups (broad SMARTS) is 1. The Morgan fingerprint density at radius 2 is 1.80 bits per heavy atom. The van der Waals surface area contributed by atoms with Gasteiger partial charge in [0.1, 0.15) is 11.8 Å². The molecule has 226 valence electrons. The standard InChI is InChI=1S/C23H34N4O5.C8H12O/c1-25-20(32-2)10-9-19(28)26-14-13-23(11-3-4-12-23)22(31)27-18(21(29)30)15-16-5-7-17(24)8-6-16;1-4-5-6-8(9)7(2)3/h5-8,18H,3-4,9-15,24H2,1-2H3,(H,26,28)(H,27,31)(H,29,30);4-6,9H,2H2,1,3H3/b;5-4-,8-6+. The average Bonchev–Trinajstić information content (AvgIpc) is 3.43. The Labute approximate surface area is 243 Å². The molecule has 1 aromatic carbocycles. The molecular formula is C31H46N4O6. The minimum Gasteiger partial charge on any atom is -0.508 e. The zero-order chi connectivity index (χ0) is 30.8. The predicted molar refractivity (Wildman–Crippen MR) is 163 cm³/mol. The average molecular weight is 571 g/mol. The van der Waals surface area contributed by atoms with Crippen LogP contribution in [-0.4, -0.2) is 60.6 Å². The van der Waals surface area contributed by atoms with Gasteiger partial charge in [-0.1, -0.05) is 43.7 Å². The number of nitrogens with zero attached hydrogens (tertiary/aromatic N) is 1. The van der Waals surface area contributed by atoms with Crippen LogP contribution >= 0.6 is 0 Å². The van der Waals surface area contributed by atoms with Crippen LogP contribution in [0.15, 0.2) is 65.4 Å². The molecule has 10 heteroatoms. The monoisotopic (exact) mass is 570 g/mol. The van der Waals surface area contributed by atoms with E-state index in [9.17, 15) is 19.5 Å². The van der Waals surface area contributed by atoms with Crippen LogP contribution in [0.4, 0.5) is 5.69 Å². The van der Waals surface area contributed by atoms with Gasteiger partial charge in [-0.05, 0) is 62.5 Å². The van der Waals surface area contributed by atoms with Gasteiger partial charge in [0.15, 0.2) is 5.90 Å². The summed E-state index contributed by atoms with van der Waals surface area (Å²) in [6.07, 6.45) is 9.71. The third kappa shape index (κ3) is 12.8. The van der Waals surface area contributed by atoms with Gasteiger partial charge in [0.2, 0.25) is 11.8 Å². The molecular weight excluding hydrogens is 524 g/mol. The van der Waals surface area contributed by atoms with Gasteiger partial charge in [0.05, 0.1) is 12.5 Å². The summed E-state index contributed by atoms with van der Waals surface area (Å²) in [5.74, 6) is -0.723. The van der Waals surface area contributed by atoms with Crippen molar-refractivity contribution in [3.63, 3.8) is 0 Å². The highest BCUT2D eigenvalue weighted by Crippen LogP contribution is 2.41. The van der Waals surface area contributed by atoms with E-state index in [1.807, 2.05) is 13.0 Å². The van der Waals surface area contributed by atoms with E-state index in [1.54, 1.807) is 50.4 Å². The van der Waals surface area contributed by atoms with E-state index >= 15 is 0 Å². The molecule has 1 unspecified atom stereocenters. The topological polar surface area (TPSA) is 163 Å². The van der Waals surface area contributed by atoms with Crippen molar-refractivity contribution in [1.29, 1.82) is 0 Å². The molecule has 10 nitrogen and oxygen atoms in total. The summed E-state index contributed by atoms with van der Waals surface area (Å²) in [7, 11) is 3.12. The number of allylic oxidation sites excluding steroid dienone is 4. The van der Waals surface area contributed by atoms with E-state index in [4.69, 9.17) is 15.6 Å². The molecule has 0 spiro atoms. The maximum absolute atomic E-state index is 13.2. The quantitative estimate of drug-likeness (QED) is 0.0767. The normalized spacial score (nSPS) is 15.4. The van der Waals surface area contributed by atoms with Gasteiger partial charge < -0.3 is 31.3 Å². The maximum atomic E-state index is 13.2. The molecule has 0 aromatic heterocycles. The van der Waals surface area contributed by atoms with Crippen molar-refractivity contribution in [2.45, 2.75) is 71.3 Å². The third-order valence-corrected chi connectivity index (χ3v) is 6.93. The Hall–Kier alpha value is -4.08. The summed E-state index contributed by atoms with van der Waals surface area (Å²) >= 11 is 0. The summed E-state index contributed by atoms with van der Waals surface area (Å²) in [6.45, 7) is 7.56. The molecule has 0 bridgehead atoms. The van der Waals surface area contributed by atoms with Crippen molar-refractivity contribution in [2.24, 2.45) is 10.4 Å². The second kappa shape index (κ2) is 18.3. The van der Waals surface area contributed by atoms with Crippen molar-refractivity contribution in [2.75, 3.05) is 26.4 Å². The van der Waals surface area contributed by atoms with Crippen molar-refractivity contribution < 1.29 is 29.3 Å². The molecule has 6 N–H and O–H groups in total. The predicted octanol–water partition coefficient (Wildman–Crippen LogP) is 4.48. The van der Waals surface area contributed by atoms with E-state index < -0.39 is 17.4 Å². The van der Waals surface area contributed by atoms with Crippen LogP contribution in [0.2, 0.25) is 0 Å². The molecule has 1 aromatic rings. The maximum Gasteiger partial charge on any atom is 0.326 e. The second-order valence-electron chi connectivity index (χ2n) is 10.1. The van der Waals surface area contributed by atoms with Crippen LogP contribution in [-0.2, 0) is 25.5 Å². The first-order valence-corrected chi connectivity index (χ1v) is 13.8. The van der Waals surface area contributed by atoms with E-state index in [0.717, 1.165) is 18.4 Å². The number of aliphatic hydroxyl groups is 1. The number of aliphatic imine (C=N–C) groups is 1. The number of carbonyl (C=O) groups excluding carboxylic acids is 2. The fourth-order valence-electron chi connectivity index (χ4n) is 4.43. The Morgan fingerprint density at radius 1 is 1.17 bits per heavy atom. The highest BCUT2D eigenvalue weighted by molar-refractivity contribution is 5.88. The lowest BCUT2D eigenvalue weighted by molar-refractivity contribution is -0.144. The molecule has 1 aliphatic rings. The first kappa shape index (κ1) is 34.9. The fourth-order valence-corrected chi connectivity index (χ4v) is 4.43. The summed E-state index contributed by atoms with van der Waals surface area (Å²) in [5.41, 5.74) is 7.09. The van der Waals surface area contributed by atoms with Crippen molar-refractivity contribution in [3.8, 4) is 0 Å². The van der Waals surface area contributed by atoms with Gasteiger partial charge in [-0.25, -0.2) is 4.79 Å². The van der Waals surface area contributed by atoms with Crippen LogP contribution in [0.1, 0.15) is 64.4 Å². The number of hydrogen-bond donors (Lipinski definition) is 5. The lowest BCUT2D eigenvalue weighted by atomic mass is 9.81. The van der Waals surface area contributed by atoms with Crippen molar-refractivity contribution in [3.05, 3.63) is 66.0 Å².